The minimum Gasteiger partial charge on any atom is -0.741 e. The van der Waals surface area contributed by atoms with Crippen LogP contribution < -0.4 is 4.48 Å². The van der Waals surface area contributed by atoms with E-state index in [9.17, 15) is 26.3 Å². The van der Waals surface area contributed by atoms with Crippen LogP contribution in [-0.4, -0.2) is 39.6 Å². The Bertz CT molecular complexity index is 572. The van der Waals surface area contributed by atoms with Gasteiger partial charge in [-0.2, -0.15) is 26.3 Å². The van der Waals surface area contributed by atoms with E-state index in [0.717, 1.165) is 6.07 Å². The third-order valence-electron chi connectivity index (χ3n) is 2.23. The van der Waals surface area contributed by atoms with Crippen LogP contribution in [0.5, 0.6) is 0 Å². The minimum atomic E-state index is -6.09. The second kappa shape index (κ2) is 6.42. The minimum absolute atomic E-state index is 0.379. The van der Waals surface area contributed by atoms with Crippen molar-refractivity contribution < 1.29 is 39.3 Å². The molecule has 1 rings (SSSR count). The molecule has 11 heteroatoms. The van der Waals surface area contributed by atoms with Crippen molar-refractivity contribution in [2.24, 2.45) is 0 Å². The van der Waals surface area contributed by atoms with Gasteiger partial charge >= 0.3 is 11.7 Å². The van der Waals surface area contributed by atoms with Gasteiger partial charge in [0, 0.05) is 6.07 Å². The summed E-state index contributed by atoms with van der Waals surface area (Å²) in [5.41, 5.74) is -5.60. The molecule has 0 spiro atoms. The molecule has 1 aromatic rings. The van der Waals surface area contributed by atoms with Gasteiger partial charge in [0.1, 0.15) is 5.69 Å². The van der Waals surface area contributed by atoms with Gasteiger partial charge in [0.15, 0.2) is 10.1 Å². The Morgan fingerprint density at radius 1 is 1.00 bits per heavy atom. The maximum absolute atomic E-state index is 12.3. The molecule has 0 aromatic heterocycles. The summed E-state index contributed by atoms with van der Waals surface area (Å²) in [6.45, 7) is 0. The molecule has 0 saturated carbocycles. The number of quaternary nitrogens is 1. The van der Waals surface area contributed by atoms with Gasteiger partial charge in [-0.3, -0.25) is 4.48 Å². The van der Waals surface area contributed by atoms with Gasteiger partial charge < -0.3 is 4.55 Å². The van der Waals surface area contributed by atoms with E-state index in [-0.39, 0.29) is 0 Å². The summed E-state index contributed by atoms with van der Waals surface area (Å²) in [6.07, 6.45) is -4.26. The summed E-state index contributed by atoms with van der Waals surface area (Å²) in [7, 11) is -0.604. The molecule has 0 aliphatic heterocycles. The molecule has 0 N–H and O–H groups in total. The summed E-state index contributed by atoms with van der Waals surface area (Å²) in [5, 5.41) is 0. The quantitative estimate of drug-likeness (QED) is 0.338. The lowest BCUT2D eigenvalue weighted by atomic mass is 10.2. The predicted octanol–water partition coefficient (Wildman–Crippen LogP) is 2.95. The van der Waals surface area contributed by atoms with E-state index in [1.165, 1.54) is 12.1 Å². The first-order valence-electron chi connectivity index (χ1n) is 5.47. The van der Waals surface area contributed by atoms with Crippen LogP contribution in [0.2, 0.25) is 0 Å². The third kappa shape index (κ3) is 6.62. The standard InChI is InChI=1S/C10H13F3N.CHF3O3S/c1-14(2,3)9-6-4-5-8(7-9)10(11,12)13;2-1(3,4)8(5,6)7/h4-7H,1-3H3;(H,5,6,7)/q+1;/p-1. The van der Waals surface area contributed by atoms with Gasteiger partial charge in [0.2, 0.25) is 0 Å². The molecule has 0 bridgehead atoms. The second-order valence-electron chi connectivity index (χ2n) is 4.96. The van der Waals surface area contributed by atoms with Gasteiger partial charge in [0.05, 0.1) is 26.7 Å². The zero-order valence-corrected chi connectivity index (χ0v) is 12.5. The van der Waals surface area contributed by atoms with Crippen LogP contribution in [0.4, 0.5) is 32.0 Å². The second-order valence-corrected chi connectivity index (χ2v) is 6.33. The Balaban J connectivity index is 0.000000472. The van der Waals surface area contributed by atoms with Crippen LogP contribution in [0.3, 0.4) is 0 Å². The molecular formula is C11H13F6NO3S. The summed E-state index contributed by atoms with van der Waals surface area (Å²) < 4.78 is 96.3. The lowest BCUT2D eigenvalue weighted by Gasteiger charge is -2.24. The highest BCUT2D eigenvalue weighted by atomic mass is 32.2. The maximum atomic E-state index is 12.3. The Labute approximate surface area is 123 Å². The molecule has 0 fully saturated rings. The lowest BCUT2D eigenvalue weighted by Crippen LogP contribution is -2.34. The van der Waals surface area contributed by atoms with Crippen molar-refractivity contribution in [3.8, 4) is 0 Å². The van der Waals surface area contributed by atoms with E-state index in [1.807, 2.05) is 21.1 Å². The van der Waals surface area contributed by atoms with Gasteiger partial charge in [-0.05, 0) is 12.1 Å². The molecule has 0 radical (unpaired) electrons. The van der Waals surface area contributed by atoms with E-state index in [1.54, 1.807) is 6.07 Å². The molecule has 4 nitrogen and oxygen atoms in total. The molecule has 0 aliphatic rings. The van der Waals surface area contributed by atoms with Gasteiger partial charge in [-0.15, -0.1) is 0 Å². The van der Waals surface area contributed by atoms with Crippen molar-refractivity contribution in [2.75, 3.05) is 21.1 Å². The number of hydrogen-bond donors (Lipinski definition) is 0. The first-order valence-corrected chi connectivity index (χ1v) is 6.88. The highest BCUT2D eigenvalue weighted by Crippen LogP contribution is 2.32. The van der Waals surface area contributed by atoms with Crippen LogP contribution >= 0.6 is 0 Å². The van der Waals surface area contributed by atoms with Crippen molar-refractivity contribution in [3.63, 3.8) is 0 Å². The normalized spacial score (nSPS) is 13.4. The monoisotopic (exact) mass is 353 g/mol. The van der Waals surface area contributed by atoms with Crippen molar-refractivity contribution in [3.05, 3.63) is 29.8 Å². The predicted molar refractivity (Wildman–Crippen MR) is 66.8 cm³/mol. The molecule has 0 saturated heterocycles. The molecule has 0 unspecified atom stereocenters. The van der Waals surface area contributed by atoms with Crippen LogP contribution in [0.25, 0.3) is 0 Å². The fourth-order valence-corrected chi connectivity index (χ4v) is 1.10. The number of hydrogen-bond acceptors (Lipinski definition) is 3. The first-order chi connectivity index (χ1) is 9.46. The Morgan fingerprint density at radius 2 is 1.41 bits per heavy atom. The van der Waals surface area contributed by atoms with Crippen LogP contribution in [0.15, 0.2) is 24.3 Å². The number of nitrogens with zero attached hydrogens (tertiary/aromatic N) is 1. The first kappa shape index (κ1) is 20.7. The van der Waals surface area contributed by atoms with Crippen molar-refractivity contribution >= 4 is 15.8 Å². The van der Waals surface area contributed by atoms with Crippen LogP contribution in [-0.2, 0) is 16.3 Å². The van der Waals surface area contributed by atoms with Gasteiger partial charge in [-0.1, -0.05) is 6.07 Å². The largest absolute Gasteiger partial charge is 0.741 e. The maximum Gasteiger partial charge on any atom is 0.485 e. The van der Waals surface area contributed by atoms with Gasteiger partial charge in [0.25, 0.3) is 0 Å². The van der Waals surface area contributed by atoms with E-state index < -0.39 is 27.4 Å². The van der Waals surface area contributed by atoms with Crippen molar-refractivity contribution in [2.45, 2.75) is 11.7 Å². The fraction of sp³-hybridized carbons (Fsp3) is 0.455. The highest BCUT2D eigenvalue weighted by molar-refractivity contribution is 7.86. The van der Waals surface area contributed by atoms with Crippen LogP contribution in [0.1, 0.15) is 5.56 Å². The molecule has 22 heavy (non-hydrogen) atoms. The van der Waals surface area contributed by atoms with E-state index in [0.29, 0.717) is 10.2 Å². The summed E-state index contributed by atoms with van der Waals surface area (Å²) in [6, 6.07) is 5.38. The molecule has 1 aromatic carbocycles. The average Bonchev–Trinajstić information content (AvgIpc) is 2.25. The van der Waals surface area contributed by atoms with E-state index >= 15 is 0 Å². The Hall–Kier alpha value is -1.33. The molecule has 128 valence electrons. The zero-order valence-electron chi connectivity index (χ0n) is 11.7. The fourth-order valence-electron chi connectivity index (χ4n) is 1.10. The number of halogens is 6. The molecule has 0 amide bonds. The number of alkyl halides is 6. The lowest BCUT2D eigenvalue weighted by molar-refractivity contribution is -0.137. The Kier molecular flexibility index (Phi) is 6.04. The number of benzene rings is 1. The van der Waals surface area contributed by atoms with E-state index in [2.05, 4.69) is 0 Å². The molecule has 0 aliphatic carbocycles. The number of rotatable bonds is 1. The molecular weight excluding hydrogens is 340 g/mol. The topological polar surface area (TPSA) is 57.2 Å². The smallest absolute Gasteiger partial charge is 0.485 e. The van der Waals surface area contributed by atoms with Gasteiger partial charge in [-0.25, -0.2) is 8.42 Å². The third-order valence-corrected chi connectivity index (χ3v) is 2.80. The molecule has 0 heterocycles. The van der Waals surface area contributed by atoms with Crippen molar-refractivity contribution in [1.29, 1.82) is 0 Å². The van der Waals surface area contributed by atoms with E-state index in [4.69, 9.17) is 13.0 Å². The average molecular weight is 353 g/mol. The SMILES string of the molecule is C[N+](C)(C)c1cccc(C(F)(F)F)c1.O=S(=O)([O-])C(F)(F)F. The zero-order chi connectivity index (χ0) is 18.0. The summed E-state index contributed by atoms with van der Waals surface area (Å²) >= 11 is 0. The highest BCUT2D eigenvalue weighted by Gasteiger charge is 2.37. The molecule has 0 atom stereocenters. The van der Waals surface area contributed by atoms with Crippen LogP contribution in [0, 0.1) is 0 Å². The summed E-state index contributed by atoms with van der Waals surface area (Å²) in [4.78, 5) is 0. The Morgan fingerprint density at radius 3 is 1.68 bits per heavy atom. The van der Waals surface area contributed by atoms with Crippen molar-refractivity contribution in [1.82, 2.24) is 4.48 Å². The summed E-state index contributed by atoms with van der Waals surface area (Å²) in [5.74, 6) is 0.